The number of pyridine rings is 1. The fourth-order valence-corrected chi connectivity index (χ4v) is 4.32. The van der Waals surface area contributed by atoms with Crippen LogP contribution in [0, 0.1) is 5.92 Å². The third-order valence-corrected chi connectivity index (χ3v) is 5.78. The van der Waals surface area contributed by atoms with Gasteiger partial charge in [-0.1, -0.05) is 6.07 Å². The van der Waals surface area contributed by atoms with E-state index in [1.54, 1.807) is 12.4 Å². The topological polar surface area (TPSA) is 70.6 Å². The Balaban J connectivity index is 1.74. The number of hydrogen-bond donors (Lipinski definition) is 0. The van der Waals surface area contributed by atoms with E-state index in [-0.39, 0.29) is 17.9 Å². The first kappa shape index (κ1) is 15.4. The molecule has 0 radical (unpaired) electrons. The van der Waals surface area contributed by atoms with E-state index in [2.05, 4.69) is 4.98 Å². The summed E-state index contributed by atoms with van der Waals surface area (Å²) in [5.74, 6) is 0.310. The van der Waals surface area contributed by atoms with E-state index in [9.17, 15) is 13.2 Å². The molecule has 0 aliphatic carbocycles. The molecule has 22 heavy (non-hydrogen) atoms. The lowest BCUT2D eigenvalue weighted by molar-refractivity contribution is -0.134. The molecule has 0 N–H and O–H groups in total. The highest BCUT2D eigenvalue weighted by Crippen LogP contribution is 2.29. The van der Waals surface area contributed by atoms with Crippen LogP contribution in [0.1, 0.15) is 18.4 Å². The quantitative estimate of drug-likeness (QED) is 0.812. The predicted octanol–water partition coefficient (Wildman–Crippen LogP) is 0.507. The normalized spacial score (nSPS) is 26.0. The Morgan fingerprint density at radius 1 is 1.32 bits per heavy atom. The molecule has 3 aliphatic heterocycles. The van der Waals surface area contributed by atoms with Crippen molar-refractivity contribution in [2.45, 2.75) is 25.3 Å². The molecule has 1 aromatic rings. The van der Waals surface area contributed by atoms with E-state index in [0.717, 1.165) is 18.4 Å². The summed E-state index contributed by atoms with van der Waals surface area (Å²) in [5.41, 5.74) is 0.896. The van der Waals surface area contributed by atoms with Crippen LogP contribution < -0.4 is 0 Å². The molecule has 0 spiro atoms. The van der Waals surface area contributed by atoms with E-state index in [1.807, 2.05) is 17.0 Å². The van der Waals surface area contributed by atoms with E-state index in [1.165, 1.54) is 10.6 Å². The minimum atomic E-state index is -3.20. The maximum absolute atomic E-state index is 12.6. The second-order valence-electron chi connectivity index (χ2n) is 6.26. The van der Waals surface area contributed by atoms with Gasteiger partial charge in [0.1, 0.15) is 0 Å². The Morgan fingerprint density at radius 3 is 2.82 bits per heavy atom. The highest BCUT2D eigenvalue weighted by atomic mass is 32.2. The molecule has 1 aromatic heterocycles. The van der Waals surface area contributed by atoms with Crippen LogP contribution >= 0.6 is 0 Å². The van der Waals surface area contributed by atoms with Gasteiger partial charge in [-0.2, -0.15) is 4.31 Å². The third-order valence-electron chi connectivity index (χ3n) is 4.55. The molecule has 4 rings (SSSR count). The molecule has 7 heteroatoms. The summed E-state index contributed by atoms with van der Waals surface area (Å²) in [4.78, 5) is 18.5. The molecule has 6 nitrogen and oxygen atoms in total. The molecule has 2 bridgehead atoms. The van der Waals surface area contributed by atoms with E-state index >= 15 is 0 Å². The zero-order valence-corrected chi connectivity index (χ0v) is 13.5. The van der Waals surface area contributed by atoms with Crippen LogP contribution in [0.3, 0.4) is 0 Å². The molecule has 120 valence electrons. The highest BCUT2D eigenvalue weighted by Gasteiger charge is 2.39. The van der Waals surface area contributed by atoms with Crippen molar-refractivity contribution in [3.63, 3.8) is 0 Å². The fraction of sp³-hybridized carbons (Fsp3) is 0.600. The number of amides is 1. The van der Waals surface area contributed by atoms with Crippen molar-refractivity contribution < 1.29 is 13.2 Å². The Labute approximate surface area is 131 Å². The Hall–Kier alpha value is -1.47. The van der Waals surface area contributed by atoms with Gasteiger partial charge >= 0.3 is 0 Å². The van der Waals surface area contributed by atoms with E-state index in [4.69, 9.17) is 0 Å². The second-order valence-corrected chi connectivity index (χ2v) is 8.24. The Bertz CT molecular complexity index is 647. The second kappa shape index (κ2) is 5.96. The van der Waals surface area contributed by atoms with Crippen LogP contribution in [-0.4, -0.2) is 60.4 Å². The first-order chi connectivity index (χ1) is 10.4. The van der Waals surface area contributed by atoms with Crippen LogP contribution in [-0.2, 0) is 21.2 Å². The van der Waals surface area contributed by atoms with Gasteiger partial charge in [0.2, 0.25) is 15.9 Å². The number of rotatable bonds is 3. The molecule has 1 amide bonds. The van der Waals surface area contributed by atoms with Crippen molar-refractivity contribution in [3.8, 4) is 0 Å². The number of piperidine rings is 1. The van der Waals surface area contributed by atoms with Gasteiger partial charge in [0, 0.05) is 38.1 Å². The maximum Gasteiger partial charge on any atom is 0.227 e. The summed E-state index contributed by atoms with van der Waals surface area (Å²) in [6.07, 6.45) is 6.85. The molecule has 2 atom stereocenters. The van der Waals surface area contributed by atoms with Gasteiger partial charge in [0.25, 0.3) is 0 Å². The Morgan fingerprint density at radius 2 is 2.14 bits per heavy atom. The molecule has 4 heterocycles. The fourth-order valence-electron chi connectivity index (χ4n) is 3.39. The lowest BCUT2D eigenvalue weighted by Gasteiger charge is -2.36. The van der Waals surface area contributed by atoms with Gasteiger partial charge in [-0.05, 0) is 30.4 Å². The third kappa shape index (κ3) is 3.30. The van der Waals surface area contributed by atoms with Gasteiger partial charge in [-0.3, -0.25) is 9.78 Å². The molecule has 0 aromatic carbocycles. The summed E-state index contributed by atoms with van der Waals surface area (Å²) >= 11 is 0. The van der Waals surface area contributed by atoms with Crippen molar-refractivity contribution in [1.82, 2.24) is 14.2 Å². The summed E-state index contributed by atoms with van der Waals surface area (Å²) in [7, 11) is -3.20. The predicted molar refractivity (Wildman–Crippen MR) is 82.6 cm³/mol. The number of carbonyl (C=O) groups is 1. The number of fused-ring (bicyclic) bond motifs is 4. The van der Waals surface area contributed by atoms with Gasteiger partial charge in [-0.25, -0.2) is 8.42 Å². The first-order valence-corrected chi connectivity index (χ1v) is 9.42. The van der Waals surface area contributed by atoms with Crippen molar-refractivity contribution in [2.24, 2.45) is 5.92 Å². The van der Waals surface area contributed by atoms with Gasteiger partial charge in [0.05, 0.1) is 12.7 Å². The van der Waals surface area contributed by atoms with Crippen molar-refractivity contribution >= 4 is 15.9 Å². The van der Waals surface area contributed by atoms with Gasteiger partial charge < -0.3 is 4.90 Å². The maximum atomic E-state index is 12.6. The largest absolute Gasteiger partial charge is 0.338 e. The summed E-state index contributed by atoms with van der Waals surface area (Å²) < 4.78 is 25.2. The summed E-state index contributed by atoms with van der Waals surface area (Å²) in [6.45, 7) is 1.62. The van der Waals surface area contributed by atoms with Crippen LogP contribution in [0.25, 0.3) is 0 Å². The monoisotopic (exact) mass is 323 g/mol. The lowest BCUT2D eigenvalue weighted by atomic mass is 9.94. The standard InChI is InChI=1S/C15H21N3O3S/c1-22(20,21)17-9-13-4-5-14(11-17)18(10-13)15(19)7-12-3-2-6-16-8-12/h2-3,6,8,13-14H,4-5,7,9-11H2,1H3/t13-,14+/m0/s1. The zero-order chi connectivity index (χ0) is 15.7. The number of aromatic nitrogens is 1. The average Bonchev–Trinajstić information content (AvgIpc) is 2.80. The summed E-state index contributed by atoms with van der Waals surface area (Å²) in [5, 5.41) is 0. The van der Waals surface area contributed by atoms with Gasteiger partial charge in [0.15, 0.2) is 0 Å². The van der Waals surface area contributed by atoms with Crippen LogP contribution in [0.5, 0.6) is 0 Å². The minimum Gasteiger partial charge on any atom is -0.338 e. The number of nitrogens with zero attached hydrogens (tertiary/aromatic N) is 3. The van der Waals surface area contributed by atoms with E-state index in [0.29, 0.717) is 26.1 Å². The first-order valence-electron chi connectivity index (χ1n) is 7.57. The molecular formula is C15H21N3O3S. The zero-order valence-electron chi connectivity index (χ0n) is 12.7. The van der Waals surface area contributed by atoms with Crippen LogP contribution in [0.2, 0.25) is 0 Å². The molecule has 3 aliphatic rings. The summed E-state index contributed by atoms with van der Waals surface area (Å²) in [6, 6.07) is 3.71. The SMILES string of the molecule is CS(=O)(=O)N1C[C@@H]2CC[C@H](C1)N(C(=O)Cc1cccnc1)C2. The van der Waals surface area contributed by atoms with Crippen molar-refractivity contribution in [1.29, 1.82) is 0 Å². The molecule has 0 saturated carbocycles. The molecule has 3 fully saturated rings. The molecule has 0 unspecified atom stereocenters. The number of sulfonamides is 1. The van der Waals surface area contributed by atoms with Gasteiger partial charge in [-0.15, -0.1) is 0 Å². The highest BCUT2D eigenvalue weighted by molar-refractivity contribution is 7.88. The number of carbonyl (C=O) groups excluding carboxylic acids is 1. The van der Waals surface area contributed by atoms with Crippen molar-refractivity contribution in [3.05, 3.63) is 30.1 Å². The lowest BCUT2D eigenvalue weighted by Crippen LogP contribution is -2.48. The molecule has 3 saturated heterocycles. The van der Waals surface area contributed by atoms with Crippen LogP contribution in [0.15, 0.2) is 24.5 Å². The number of hydrogen-bond acceptors (Lipinski definition) is 4. The Kier molecular flexibility index (Phi) is 4.18. The average molecular weight is 323 g/mol. The van der Waals surface area contributed by atoms with E-state index < -0.39 is 10.0 Å². The minimum absolute atomic E-state index is 0.00218. The van der Waals surface area contributed by atoms with Crippen molar-refractivity contribution in [2.75, 3.05) is 25.9 Å². The smallest absolute Gasteiger partial charge is 0.227 e. The van der Waals surface area contributed by atoms with Crippen LogP contribution in [0.4, 0.5) is 0 Å². The molecular weight excluding hydrogens is 302 g/mol.